The van der Waals surface area contributed by atoms with Gasteiger partial charge < -0.3 is 10.4 Å². The molecule has 0 atom stereocenters. The molecule has 19 heavy (non-hydrogen) atoms. The number of anilines is 2. The summed E-state index contributed by atoms with van der Waals surface area (Å²) in [6.45, 7) is 0. The van der Waals surface area contributed by atoms with Crippen LogP contribution in [0.1, 0.15) is 15.9 Å². The highest BCUT2D eigenvalue weighted by atomic mass is 79.9. The molecule has 0 bridgehead atoms. The van der Waals surface area contributed by atoms with Gasteiger partial charge in [0.05, 0.1) is 22.9 Å². The van der Waals surface area contributed by atoms with Gasteiger partial charge in [0.25, 0.3) is 0 Å². The van der Waals surface area contributed by atoms with E-state index in [9.17, 15) is 4.79 Å². The summed E-state index contributed by atoms with van der Waals surface area (Å²) >= 11 is 3.35. The summed E-state index contributed by atoms with van der Waals surface area (Å²) in [5.41, 5.74) is 1.42. The zero-order chi connectivity index (χ0) is 13.8. The van der Waals surface area contributed by atoms with Gasteiger partial charge >= 0.3 is 5.97 Å². The number of benzene rings is 1. The number of hydrogen-bond donors (Lipinski definition) is 2. The molecule has 5 nitrogen and oxygen atoms in total. The lowest BCUT2D eigenvalue weighted by Crippen LogP contribution is -1.99. The fraction of sp³-hybridized carbons (Fsp3) is 0. The molecule has 1 heterocycles. The minimum atomic E-state index is -1.02. The lowest BCUT2D eigenvalue weighted by molar-refractivity contribution is 0.0696. The standard InChI is InChI=1S/C13H8BrN3O2/c14-10-5-8(6-15)1-3-11(10)17-12-4-2-9(7-16-12)13(18)19/h1-5,7H,(H,16,17)(H,18,19). The van der Waals surface area contributed by atoms with Gasteiger partial charge in [-0.1, -0.05) is 0 Å². The first kappa shape index (κ1) is 13.1. The largest absolute Gasteiger partial charge is 0.478 e. The fourth-order valence-electron chi connectivity index (χ4n) is 1.42. The zero-order valence-electron chi connectivity index (χ0n) is 9.59. The van der Waals surface area contributed by atoms with Crippen molar-refractivity contribution in [1.29, 1.82) is 5.26 Å². The molecule has 0 amide bonds. The van der Waals surface area contributed by atoms with Gasteiger partial charge in [-0.25, -0.2) is 9.78 Å². The SMILES string of the molecule is N#Cc1ccc(Nc2ccc(C(=O)O)cn2)c(Br)c1. The Morgan fingerprint density at radius 3 is 2.68 bits per heavy atom. The fourth-order valence-corrected chi connectivity index (χ4v) is 1.90. The summed E-state index contributed by atoms with van der Waals surface area (Å²) in [5, 5.41) is 20.6. The predicted octanol–water partition coefficient (Wildman–Crippen LogP) is 3.16. The van der Waals surface area contributed by atoms with E-state index < -0.39 is 5.97 Å². The van der Waals surface area contributed by atoms with Gasteiger partial charge in [-0.15, -0.1) is 0 Å². The number of carboxylic acid groups (broad SMARTS) is 1. The monoisotopic (exact) mass is 317 g/mol. The Kier molecular flexibility index (Phi) is 3.78. The smallest absolute Gasteiger partial charge is 0.337 e. The van der Waals surface area contributed by atoms with Crippen LogP contribution >= 0.6 is 15.9 Å². The average Bonchev–Trinajstić information content (AvgIpc) is 2.41. The molecule has 1 aromatic carbocycles. The van der Waals surface area contributed by atoms with E-state index in [1.54, 1.807) is 24.3 Å². The van der Waals surface area contributed by atoms with Crippen molar-refractivity contribution in [3.05, 3.63) is 52.1 Å². The average molecular weight is 318 g/mol. The number of rotatable bonds is 3. The maximum Gasteiger partial charge on any atom is 0.337 e. The summed E-state index contributed by atoms with van der Waals surface area (Å²) in [6.07, 6.45) is 1.28. The number of carbonyl (C=O) groups is 1. The topological polar surface area (TPSA) is 86.0 Å². The van der Waals surface area contributed by atoms with Crippen LogP contribution in [-0.2, 0) is 0 Å². The van der Waals surface area contributed by atoms with Gasteiger partial charge in [-0.3, -0.25) is 0 Å². The first-order chi connectivity index (χ1) is 9.10. The van der Waals surface area contributed by atoms with Crippen LogP contribution < -0.4 is 5.32 Å². The van der Waals surface area contributed by atoms with Crippen LogP contribution in [0.2, 0.25) is 0 Å². The maximum absolute atomic E-state index is 10.7. The summed E-state index contributed by atoms with van der Waals surface area (Å²) in [7, 11) is 0. The highest BCUT2D eigenvalue weighted by Crippen LogP contribution is 2.26. The molecule has 0 fully saturated rings. The van der Waals surface area contributed by atoms with Crippen molar-refractivity contribution in [1.82, 2.24) is 4.98 Å². The van der Waals surface area contributed by atoms with Crippen LogP contribution in [0.25, 0.3) is 0 Å². The molecule has 0 saturated carbocycles. The van der Waals surface area contributed by atoms with E-state index in [1.807, 2.05) is 6.07 Å². The first-order valence-electron chi connectivity index (χ1n) is 5.26. The third-order valence-electron chi connectivity index (χ3n) is 2.37. The van der Waals surface area contributed by atoms with Gasteiger partial charge in [0.2, 0.25) is 0 Å². The third-order valence-corrected chi connectivity index (χ3v) is 3.03. The van der Waals surface area contributed by atoms with Crippen molar-refractivity contribution >= 4 is 33.4 Å². The number of hydrogen-bond acceptors (Lipinski definition) is 4. The Morgan fingerprint density at radius 1 is 1.37 bits per heavy atom. The lowest BCUT2D eigenvalue weighted by atomic mass is 10.2. The summed E-state index contributed by atoms with van der Waals surface area (Å²) in [4.78, 5) is 14.7. The van der Waals surface area contributed by atoms with Crippen molar-refractivity contribution < 1.29 is 9.90 Å². The van der Waals surface area contributed by atoms with Gasteiger partial charge in [-0.2, -0.15) is 5.26 Å². The highest BCUT2D eigenvalue weighted by Gasteiger charge is 2.05. The molecule has 0 radical (unpaired) electrons. The Balaban J connectivity index is 2.22. The Morgan fingerprint density at radius 2 is 2.16 bits per heavy atom. The molecule has 0 unspecified atom stereocenters. The molecule has 94 valence electrons. The molecule has 0 spiro atoms. The number of nitriles is 1. The minimum Gasteiger partial charge on any atom is -0.478 e. The van der Waals surface area contributed by atoms with Gasteiger partial charge in [0.15, 0.2) is 0 Å². The van der Waals surface area contributed by atoms with Gasteiger partial charge in [0.1, 0.15) is 5.82 Å². The van der Waals surface area contributed by atoms with Crippen LogP contribution in [0.15, 0.2) is 41.0 Å². The van der Waals surface area contributed by atoms with Gasteiger partial charge in [-0.05, 0) is 46.3 Å². The second-order valence-corrected chi connectivity index (χ2v) is 4.52. The molecule has 1 aromatic heterocycles. The van der Waals surface area contributed by atoms with Crippen molar-refractivity contribution in [2.45, 2.75) is 0 Å². The summed E-state index contributed by atoms with van der Waals surface area (Å²) in [6, 6.07) is 10.2. The summed E-state index contributed by atoms with van der Waals surface area (Å²) < 4.78 is 0.732. The Hall–Kier alpha value is -2.39. The van der Waals surface area contributed by atoms with E-state index in [1.165, 1.54) is 12.3 Å². The van der Waals surface area contributed by atoms with Gasteiger partial charge in [0, 0.05) is 10.7 Å². The lowest BCUT2D eigenvalue weighted by Gasteiger charge is -2.08. The van der Waals surface area contributed by atoms with Crippen molar-refractivity contribution in [2.24, 2.45) is 0 Å². The van der Waals surface area contributed by atoms with E-state index in [4.69, 9.17) is 10.4 Å². The van der Waals surface area contributed by atoms with E-state index in [-0.39, 0.29) is 5.56 Å². The molecule has 2 rings (SSSR count). The number of pyridine rings is 1. The highest BCUT2D eigenvalue weighted by molar-refractivity contribution is 9.10. The minimum absolute atomic E-state index is 0.129. The number of nitrogens with one attached hydrogen (secondary N) is 1. The first-order valence-corrected chi connectivity index (χ1v) is 6.05. The van der Waals surface area contributed by atoms with Crippen LogP contribution in [0, 0.1) is 11.3 Å². The molecular formula is C13H8BrN3O2. The number of aromatic nitrogens is 1. The molecule has 2 N–H and O–H groups in total. The Bertz CT molecular complexity index is 663. The molecule has 6 heteroatoms. The number of nitrogens with zero attached hydrogens (tertiary/aromatic N) is 2. The van der Waals surface area contributed by atoms with E-state index >= 15 is 0 Å². The second kappa shape index (κ2) is 5.50. The maximum atomic E-state index is 10.7. The van der Waals surface area contributed by atoms with E-state index in [0.29, 0.717) is 11.4 Å². The number of halogens is 1. The quantitative estimate of drug-likeness (QED) is 0.908. The second-order valence-electron chi connectivity index (χ2n) is 3.67. The molecule has 0 aliphatic rings. The van der Waals surface area contributed by atoms with E-state index in [2.05, 4.69) is 26.2 Å². The zero-order valence-corrected chi connectivity index (χ0v) is 11.2. The van der Waals surface area contributed by atoms with Crippen LogP contribution in [0.3, 0.4) is 0 Å². The van der Waals surface area contributed by atoms with Crippen LogP contribution in [0.5, 0.6) is 0 Å². The van der Waals surface area contributed by atoms with Crippen LogP contribution in [0.4, 0.5) is 11.5 Å². The number of aromatic carboxylic acids is 1. The molecule has 0 aliphatic heterocycles. The Labute approximate surface area is 117 Å². The molecule has 0 saturated heterocycles. The predicted molar refractivity (Wildman–Crippen MR) is 73.3 cm³/mol. The summed E-state index contributed by atoms with van der Waals surface area (Å²) in [5.74, 6) is -0.492. The van der Waals surface area contributed by atoms with Crippen molar-refractivity contribution in [3.63, 3.8) is 0 Å². The van der Waals surface area contributed by atoms with E-state index in [0.717, 1.165) is 10.2 Å². The molecule has 2 aromatic rings. The molecule has 0 aliphatic carbocycles. The third kappa shape index (κ3) is 3.09. The van der Waals surface area contributed by atoms with Crippen LogP contribution in [-0.4, -0.2) is 16.1 Å². The molecular weight excluding hydrogens is 310 g/mol. The normalized spacial score (nSPS) is 9.68. The van der Waals surface area contributed by atoms with Crippen molar-refractivity contribution in [3.8, 4) is 6.07 Å². The van der Waals surface area contributed by atoms with Crippen molar-refractivity contribution in [2.75, 3.05) is 5.32 Å². The number of carboxylic acids is 1.